The van der Waals surface area contributed by atoms with Crippen LogP contribution >= 0.6 is 22.6 Å². The Morgan fingerprint density at radius 2 is 0.592 bits per heavy atom. The van der Waals surface area contributed by atoms with Crippen molar-refractivity contribution in [3.8, 4) is 0 Å². The minimum Gasteiger partial charge on any atom is -0.444 e. The van der Waals surface area contributed by atoms with Crippen molar-refractivity contribution in [2.45, 2.75) is 149 Å². The highest BCUT2D eigenvalue weighted by Gasteiger charge is 2.40. The summed E-state index contributed by atoms with van der Waals surface area (Å²) in [6.45, 7) is 28.1. The molecule has 3 fully saturated rings. The van der Waals surface area contributed by atoms with Gasteiger partial charge in [-0.05, 0) is 140 Å². The van der Waals surface area contributed by atoms with E-state index in [1.807, 2.05) is 22.6 Å². The van der Waals surface area contributed by atoms with Gasteiger partial charge < -0.3 is 73.4 Å². The van der Waals surface area contributed by atoms with Crippen LogP contribution in [0.1, 0.15) is 118 Å². The molecule has 0 spiro atoms. The Hall–Kier alpha value is -5.24. The third-order valence-corrected chi connectivity index (χ3v) is 11.4. The zero-order valence-electron chi connectivity index (χ0n) is 48.2. The molecule has 3 heterocycles. The number of nitrogens with zero attached hydrogens (tertiary/aromatic N) is 7. The normalized spacial score (nSPS) is 18.1. The first-order valence-corrected chi connectivity index (χ1v) is 27.1. The number of rotatable bonds is 10. The Kier molecular flexibility index (Phi) is 22.6. The predicted molar refractivity (Wildman–Crippen MR) is 288 cm³/mol. The minimum atomic E-state index is -1.05. The lowest BCUT2D eigenvalue weighted by atomic mass is 10.1. The summed E-state index contributed by atoms with van der Waals surface area (Å²) >= 11 is 1.97. The molecule has 76 heavy (non-hydrogen) atoms. The van der Waals surface area contributed by atoms with Gasteiger partial charge in [0.25, 0.3) is 0 Å². The van der Waals surface area contributed by atoms with Crippen molar-refractivity contribution < 1.29 is 71.6 Å². The number of amides is 9. The Morgan fingerprint density at radius 3 is 0.803 bits per heavy atom. The molecule has 1 atom stereocenters. The van der Waals surface area contributed by atoms with Crippen LogP contribution in [0, 0.1) is 17.8 Å². The fraction of sp³-hybridized carbons (Fsp3) is 0.824. The van der Waals surface area contributed by atoms with Crippen LogP contribution in [0.5, 0.6) is 0 Å². The zero-order valence-corrected chi connectivity index (χ0v) is 50.3. The zero-order chi connectivity index (χ0) is 57.9. The molecule has 434 valence electrons. The molecule has 25 heteroatoms. The first-order valence-electron chi connectivity index (χ1n) is 26.0. The molecule has 0 aromatic carbocycles. The highest BCUT2D eigenvalue weighted by Crippen LogP contribution is 2.24. The molecule has 0 aromatic heterocycles. The van der Waals surface area contributed by atoms with E-state index in [4.69, 9.17) is 28.4 Å². The summed E-state index contributed by atoms with van der Waals surface area (Å²) < 4.78 is 33.0. The fourth-order valence-corrected chi connectivity index (χ4v) is 8.12. The van der Waals surface area contributed by atoms with Gasteiger partial charge in [-0.25, -0.2) is 28.8 Å². The van der Waals surface area contributed by atoms with Gasteiger partial charge in [-0.3, -0.25) is 14.4 Å². The lowest BCUT2D eigenvalue weighted by Crippen LogP contribution is -2.51. The van der Waals surface area contributed by atoms with Crippen molar-refractivity contribution in [3.63, 3.8) is 0 Å². The standard InChI is InChI=1S/C51H88IN9O15/c1-46(2,3)71-40(65)56-22-23-57(41(66)72-47(4,5)6)29-34(28-56)37(62)53-18-20-55(39(64)36-32-60(44(69)75-50(13,14)15)26-27-61(33-36)45(70)76-51(16,17)52)21-19-54-38(63)35-30-58(42(67)73-48(7,8)9)24-25-59(31-35)43(68)74-49(10,11)12/h34-36H,18-33H2,1-17H3,(H,53,62)(H,54,63). The fourth-order valence-electron chi connectivity index (χ4n) is 7.94. The molecule has 3 aliphatic rings. The Morgan fingerprint density at radius 1 is 0.382 bits per heavy atom. The first-order chi connectivity index (χ1) is 34.6. The van der Waals surface area contributed by atoms with Crippen LogP contribution < -0.4 is 10.6 Å². The van der Waals surface area contributed by atoms with Gasteiger partial charge in [0, 0.05) is 105 Å². The first kappa shape index (κ1) is 65.0. The molecule has 3 saturated heterocycles. The Bertz CT molecular complexity index is 1860. The number of ether oxygens (including phenoxy) is 6. The van der Waals surface area contributed by atoms with Gasteiger partial charge in [0.05, 0.1) is 17.8 Å². The van der Waals surface area contributed by atoms with Crippen LogP contribution in [0.3, 0.4) is 0 Å². The quantitative estimate of drug-likeness (QED) is 0.150. The van der Waals surface area contributed by atoms with Crippen molar-refractivity contribution in [2.24, 2.45) is 17.8 Å². The lowest BCUT2D eigenvalue weighted by Gasteiger charge is -2.32. The summed E-state index contributed by atoms with van der Waals surface area (Å²) in [5.41, 5.74) is -4.26. The van der Waals surface area contributed by atoms with E-state index in [1.165, 1.54) is 34.3 Å². The van der Waals surface area contributed by atoms with E-state index in [1.54, 1.807) is 118 Å². The van der Waals surface area contributed by atoms with Gasteiger partial charge in [-0.1, -0.05) is 0 Å². The van der Waals surface area contributed by atoms with Gasteiger partial charge in [-0.15, -0.1) is 0 Å². The van der Waals surface area contributed by atoms with E-state index in [9.17, 15) is 38.4 Å². The molecular weight excluding hydrogens is 1110 g/mol. The molecule has 0 radical (unpaired) electrons. The summed E-state index contributed by atoms with van der Waals surface area (Å²) in [4.78, 5) is 134. The van der Waals surface area contributed by atoms with E-state index >= 15 is 4.79 Å². The van der Waals surface area contributed by atoms with Gasteiger partial charge in [0.15, 0.2) is 3.61 Å². The van der Waals surface area contributed by atoms with Crippen LogP contribution in [-0.2, 0) is 42.8 Å². The highest BCUT2D eigenvalue weighted by atomic mass is 127. The van der Waals surface area contributed by atoms with Crippen LogP contribution in [0.15, 0.2) is 0 Å². The lowest BCUT2D eigenvalue weighted by molar-refractivity contribution is -0.137. The van der Waals surface area contributed by atoms with Crippen LogP contribution in [0.2, 0.25) is 0 Å². The van der Waals surface area contributed by atoms with Gasteiger partial charge >= 0.3 is 36.6 Å². The highest BCUT2D eigenvalue weighted by molar-refractivity contribution is 14.1. The predicted octanol–water partition coefficient (Wildman–Crippen LogP) is 5.73. The van der Waals surface area contributed by atoms with Crippen molar-refractivity contribution in [1.82, 2.24) is 44.9 Å². The molecule has 0 aliphatic carbocycles. The molecule has 3 rings (SSSR count). The third-order valence-electron chi connectivity index (χ3n) is 11.2. The summed E-state index contributed by atoms with van der Waals surface area (Å²) in [5.74, 6) is -4.58. The number of halogens is 1. The van der Waals surface area contributed by atoms with Crippen LogP contribution in [0.25, 0.3) is 0 Å². The summed E-state index contributed by atoms with van der Waals surface area (Å²) in [6.07, 6.45) is -4.08. The summed E-state index contributed by atoms with van der Waals surface area (Å²) in [6, 6.07) is 0. The second-order valence-electron chi connectivity index (χ2n) is 24.8. The van der Waals surface area contributed by atoms with E-state index in [-0.39, 0.29) is 105 Å². The molecular formula is C51H88IN9O15. The number of carbonyl (C=O) groups is 9. The maximum absolute atomic E-state index is 15.0. The molecule has 3 aliphatic heterocycles. The number of carbonyl (C=O) groups excluding carboxylic acids is 9. The molecule has 0 aromatic rings. The van der Waals surface area contributed by atoms with Crippen molar-refractivity contribution in [2.75, 3.05) is 105 Å². The second-order valence-corrected chi connectivity index (χ2v) is 27.4. The molecule has 2 N–H and O–H groups in total. The molecule has 0 saturated carbocycles. The summed E-state index contributed by atoms with van der Waals surface area (Å²) in [5, 5.41) is 5.75. The number of alkyl halides is 1. The smallest absolute Gasteiger partial charge is 0.411 e. The maximum atomic E-state index is 15.0. The van der Waals surface area contributed by atoms with Crippen LogP contribution in [0.4, 0.5) is 28.8 Å². The monoisotopic (exact) mass is 1190 g/mol. The largest absolute Gasteiger partial charge is 0.444 e. The van der Waals surface area contributed by atoms with Crippen molar-refractivity contribution in [3.05, 3.63) is 0 Å². The number of hydrogen-bond acceptors (Lipinski definition) is 15. The average molecular weight is 1190 g/mol. The second kappa shape index (κ2) is 26.4. The van der Waals surface area contributed by atoms with E-state index in [0.29, 0.717) is 0 Å². The SMILES string of the molecule is CC(C)(C)OC(=O)N1CCN(C(=O)OC(C)(C)C)CC(C(=O)NCCN(CCNC(=O)C2CN(C(=O)OC(C)(C)C)CCN(C(=O)OC(C)(C)C)C2)C(=O)C2CN(C(=O)OC(C)(C)C)CCN(C(=O)OC(C)(C)I)C2)C1. The third kappa shape index (κ3) is 23.6. The topological polar surface area (TPSA) is 256 Å². The van der Waals surface area contributed by atoms with Crippen molar-refractivity contribution in [1.29, 1.82) is 0 Å². The minimum absolute atomic E-state index is 0.0186. The maximum Gasteiger partial charge on any atom is 0.411 e. The van der Waals surface area contributed by atoms with E-state index in [0.717, 1.165) is 0 Å². The Labute approximate surface area is 463 Å². The number of hydrogen-bond donors (Lipinski definition) is 2. The Balaban J connectivity index is 1.99. The summed E-state index contributed by atoms with van der Waals surface area (Å²) in [7, 11) is 0. The molecule has 24 nitrogen and oxygen atoms in total. The number of nitrogens with one attached hydrogen (secondary N) is 2. The van der Waals surface area contributed by atoms with Gasteiger partial charge in [-0.2, -0.15) is 0 Å². The molecule has 0 bridgehead atoms. The van der Waals surface area contributed by atoms with Crippen LogP contribution in [-0.4, -0.2) is 225 Å². The van der Waals surface area contributed by atoms with Gasteiger partial charge in [0.1, 0.15) is 28.0 Å². The van der Waals surface area contributed by atoms with Crippen molar-refractivity contribution >= 4 is 76.9 Å². The average Bonchev–Trinajstić information content (AvgIpc) is 3.71. The molecule has 1 unspecified atom stereocenters. The van der Waals surface area contributed by atoms with Gasteiger partial charge in [0.2, 0.25) is 17.7 Å². The van der Waals surface area contributed by atoms with E-state index in [2.05, 4.69) is 10.6 Å². The molecule has 9 amide bonds. The van der Waals surface area contributed by atoms with E-state index < -0.39 is 104 Å².